The summed E-state index contributed by atoms with van der Waals surface area (Å²) >= 11 is 0. The molecule has 1 saturated heterocycles. The van der Waals surface area contributed by atoms with Gasteiger partial charge >= 0.3 is 0 Å². The summed E-state index contributed by atoms with van der Waals surface area (Å²) in [5.41, 5.74) is 0.645. The highest BCUT2D eigenvalue weighted by Gasteiger charge is 2.40. The lowest BCUT2D eigenvalue weighted by atomic mass is 10.0. The van der Waals surface area contributed by atoms with Gasteiger partial charge < -0.3 is 10.2 Å². The van der Waals surface area contributed by atoms with E-state index in [-0.39, 0.29) is 23.7 Å². The third kappa shape index (κ3) is 2.79. The Morgan fingerprint density at radius 1 is 1.40 bits per heavy atom. The Bertz CT molecular complexity index is 505. The summed E-state index contributed by atoms with van der Waals surface area (Å²) in [6.45, 7) is 3.66. The van der Waals surface area contributed by atoms with E-state index >= 15 is 0 Å². The van der Waals surface area contributed by atoms with Crippen molar-refractivity contribution in [3.8, 4) is 0 Å². The minimum absolute atomic E-state index is 0.142. The van der Waals surface area contributed by atoms with E-state index in [9.17, 15) is 9.18 Å². The predicted octanol–water partition coefficient (Wildman–Crippen LogP) is 2.57. The van der Waals surface area contributed by atoms with Crippen LogP contribution in [0.5, 0.6) is 0 Å². The van der Waals surface area contributed by atoms with Gasteiger partial charge in [0, 0.05) is 25.0 Å². The van der Waals surface area contributed by atoms with E-state index in [1.165, 1.54) is 6.07 Å². The molecule has 1 N–H and O–H groups in total. The van der Waals surface area contributed by atoms with Gasteiger partial charge in [-0.25, -0.2) is 4.39 Å². The number of para-hydroxylation sites is 1. The monoisotopic (exact) mass is 276 g/mol. The van der Waals surface area contributed by atoms with Crippen molar-refractivity contribution in [1.29, 1.82) is 0 Å². The number of carbonyl (C=O) groups is 1. The molecule has 1 saturated carbocycles. The van der Waals surface area contributed by atoms with Gasteiger partial charge in [0.25, 0.3) is 0 Å². The molecule has 0 bridgehead atoms. The van der Waals surface area contributed by atoms with E-state index in [0.29, 0.717) is 18.2 Å². The zero-order valence-electron chi connectivity index (χ0n) is 11.8. The van der Waals surface area contributed by atoms with Gasteiger partial charge in [-0.2, -0.15) is 0 Å². The van der Waals surface area contributed by atoms with Crippen LogP contribution in [-0.4, -0.2) is 25.0 Å². The molecule has 1 aliphatic heterocycles. The minimum Gasteiger partial charge on any atom is -0.367 e. The molecule has 4 heteroatoms. The molecule has 1 aromatic carbocycles. The molecule has 1 aromatic rings. The van der Waals surface area contributed by atoms with Crippen molar-refractivity contribution in [3.63, 3.8) is 0 Å². The fourth-order valence-electron chi connectivity index (χ4n) is 3.02. The summed E-state index contributed by atoms with van der Waals surface area (Å²) in [6, 6.07) is 7.00. The van der Waals surface area contributed by atoms with Crippen LogP contribution < -0.4 is 10.2 Å². The fraction of sp³-hybridized carbons (Fsp3) is 0.562. The van der Waals surface area contributed by atoms with Gasteiger partial charge in [-0.05, 0) is 37.3 Å². The summed E-state index contributed by atoms with van der Waals surface area (Å²) in [5, 5.41) is 3.13. The lowest BCUT2D eigenvalue weighted by molar-refractivity contribution is -0.123. The van der Waals surface area contributed by atoms with Gasteiger partial charge in [0.15, 0.2) is 0 Å². The average molecular weight is 276 g/mol. The van der Waals surface area contributed by atoms with Crippen molar-refractivity contribution in [1.82, 2.24) is 5.32 Å². The average Bonchev–Trinajstić information content (AvgIpc) is 3.17. The van der Waals surface area contributed by atoms with Crippen molar-refractivity contribution >= 4 is 11.6 Å². The second-order valence-corrected chi connectivity index (χ2v) is 6.06. The molecule has 0 radical (unpaired) electrons. The Hall–Kier alpha value is -1.58. The molecule has 0 aromatic heterocycles. The van der Waals surface area contributed by atoms with Gasteiger partial charge in [-0.1, -0.05) is 19.1 Å². The van der Waals surface area contributed by atoms with Gasteiger partial charge in [0.1, 0.15) is 5.82 Å². The first-order chi connectivity index (χ1) is 9.65. The van der Waals surface area contributed by atoms with Crippen LogP contribution in [0.1, 0.15) is 26.2 Å². The fourth-order valence-corrected chi connectivity index (χ4v) is 3.02. The number of amides is 1. The molecule has 20 heavy (non-hydrogen) atoms. The number of piperidine rings is 1. The number of benzene rings is 1. The maximum atomic E-state index is 13.8. The van der Waals surface area contributed by atoms with Crippen LogP contribution >= 0.6 is 0 Å². The van der Waals surface area contributed by atoms with Crippen molar-refractivity contribution in [2.45, 2.75) is 32.2 Å². The van der Waals surface area contributed by atoms with Crippen LogP contribution in [-0.2, 0) is 4.79 Å². The Morgan fingerprint density at radius 3 is 2.85 bits per heavy atom. The maximum Gasteiger partial charge on any atom is 0.223 e. The smallest absolute Gasteiger partial charge is 0.223 e. The molecule has 108 valence electrons. The molecule has 1 aliphatic carbocycles. The Kier molecular flexibility index (Phi) is 3.64. The number of halogens is 1. The lowest BCUT2D eigenvalue weighted by Gasteiger charge is -2.35. The quantitative estimate of drug-likeness (QED) is 0.920. The molecule has 1 heterocycles. The van der Waals surface area contributed by atoms with Crippen molar-refractivity contribution in [3.05, 3.63) is 30.1 Å². The highest BCUT2D eigenvalue weighted by Crippen LogP contribution is 2.37. The Balaban J connectivity index is 1.62. The summed E-state index contributed by atoms with van der Waals surface area (Å²) in [6.07, 6.45) is 2.98. The van der Waals surface area contributed by atoms with Crippen molar-refractivity contribution in [2.75, 3.05) is 18.0 Å². The summed E-state index contributed by atoms with van der Waals surface area (Å²) in [5.74, 6) is 0.730. The molecular weight excluding hydrogens is 255 g/mol. The van der Waals surface area contributed by atoms with Crippen LogP contribution in [0.2, 0.25) is 0 Å². The zero-order chi connectivity index (χ0) is 14.1. The topological polar surface area (TPSA) is 32.3 Å². The van der Waals surface area contributed by atoms with E-state index in [4.69, 9.17) is 0 Å². The number of nitrogens with one attached hydrogen (secondary N) is 1. The zero-order valence-corrected chi connectivity index (χ0v) is 11.8. The van der Waals surface area contributed by atoms with Gasteiger partial charge in [0.2, 0.25) is 5.91 Å². The lowest BCUT2D eigenvalue weighted by Crippen LogP contribution is -2.48. The number of carbonyl (C=O) groups excluding carboxylic acids is 1. The number of rotatable bonds is 3. The minimum atomic E-state index is -0.185. The van der Waals surface area contributed by atoms with E-state index in [1.54, 1.807) is 6.07 Å². The molecule has 3 atom stereocenters. The first-order valence-electron chi connectivity index (χ1n) is 7.45. The second-order valence-electron chi connectivity index (χ2n) is 6.06. The summed E-state index contributed by atoms with van der Waals surface area (Å²) in [4.78, 5) is 14.0. The molecule has 0 spiro atoms. The van der Waals surface area contributed by atoms with E-state index in [0.717, 1.165) is 25.8 Å². The van der Waals surface area contributed by atoms with Crippen LogP contribution in [0.15, 0.2) is 24.3 Å². The molecule has 1 amide bonds. The molecule has 3 rings (SSSR count). The molecule has 3 nitrogen and oxygen atoms in total. The third-order valence-corrected chi connectivity index (χ3v) is 4.41. The largest absolute Gasteiger partial charge is 0.367 e. The number of anilines is 1. The van der Waals surface area contributed by atoms with Crippen LogP contribution in [0.3, 0.4) is 0 Å². The first-order valence-corrected chi connectivity index (χ1v) is 7.45. The van der Waals surface area contributed by atoms with Crippen LogP contribution in [0.25, 0.3) is 0 Å². The summed E-state index contributed by atoms with van der Waals surface area (Å²) < 4.78 is 13.8. The van der Waals surface area contributed by atoms with Gasteiger partial charge in [-0.15, -0.1) is 0 Å². The van der Waals surface area contributed by atoms with E-state index in [2.05, 4.69) is 12.2 Å². The highest BCUT2D eigenvalue weighted by atomic mass is 19.1. The second kappa shape index (κ2) is 5.43. The Morgan fingerprint density at radius 2 is 2.15 bits per heavy atom. The SMILES string of the molecule is CC1CC1C(=O)NC1CCCN(c2ccccc2F)C1. The van der Waals surface area contributed by atoms with Gasteiger partial charge in [0.05, 0.1) is 5.69 Å². The normalized spacial score (nSPS) is 29.1. The van der Waals surface area contributed by atoms with Crippen molar-refractivity contribution in [2.24, 2.45) is 11.8 Å². The van der Waals surface area contributed by atoms with Gasteiger partial charge in [-0.3, -0.25) is 4.79 Å². The molecule has 2 aliphatic rings. The van der Waals surface area contributed by atoms with Crippen LogP contribution in [0.4, 0.5) is 10.1 Å². The first kappa shape index (κ1) is 13.4. The Labute approximate surface area is 119 Å². The number of hydrogen-bond acceptors (Lipinski definition) is 2. The number of hydrogen-bond donors (Lipinski definition) is 1. The molecular formula is C16H21FN2O. The molecule has 2 fully saturated rings. The summed E-state index contributed by atoms with van der Waals surface area (Å²) in [7, 11) is 0. The standard InChI is InChI=1S/C16H21FN2O/c1-11-9-13(11)16(20)18-12-5-4-8-19(10-12)15-7-3-2-6-14(15)17/h2-3,6-7,11-13H,4-5,8-10H2,1H3,(H,18,20). The highest BCUT2D eigenvalue weighted by molar-refractivity contribution is 5.81. The van der Waals surface area contributed by atoms with Crippen LogP contribution in [0, 0.1) is 17.7 Å². The maximum absolute atomic E-state index is 13.8. The third-order valence-electron chi connectivity index (χ3n) is 4.41. The predicted molar refractivity (Wildman–Crippen MR) is 77.0 cm³/mol. The van der Waals surface area contributed by atoms with Crippen molar-refractivity contribution < 1.29 is 9.18 Å². The van der Waals surface area contributed by atoms with E-state index in [1.807, 2.05) is 17.0 Å². The number of nitrogens with zero attached hydrogens (tertiary/aromatic N) is 1. The van der Waals surface area contributed by atoms with E-state index < -0.39 is 0 Å². The molecule has 3 unspecified atom stereocenters.